The number of likely N-dealkylation sites (N-methyl/N-ethyl adjacent to an activating group) is 1. The maximum absolute atomic E-state index is 5.71. The third-order valence-electron chi connectivity index (χ3n) is 4.96. The van der Waals surface area contributed by atoms with E-state index in [-0.39, 0.29) is 0 Å². The monoisotopic (exact) mass is 277 g/mol. The van der Waals surface area contributed by atoms with E-state index in [0.29, 0.717) is 24.1 Å². The first-order valence-corrected chi connectivity index (χ1v) is 8.09. The molecule has 3 rings (SSSR count). The van der Waals surface area contributed by atoms with Crippen LogP contribution in [0.25, 0.3) is 0 Å². The molecule has 0 radical (unpaired) electrons. The summed E-state index contributed by atoms with van der Waals surface area (Å²) in [5, 5.41) is 8.27. The van der Waals surface area contributed by atoms with E-state index >= 15 is 0 Å². The van der Waals surface area contributed by atoms with E-state index in [1.807, 2.05) is 0 Å². The van der Waals surface area contributed by atoms with Crippen molar-refractivity contribution in [2.45, 2.75) is 63.6 Å². The molecule has 3 unspecified atom stereocenters. The highest BCUT2D eigenvalue weighted by atomic mass is 16.5. The fourth-order valence-corrected chi connectivity index (χ4v) is 3.72. The van der Waals surface area contributed by atoms with Gasteiger partial charge in [0.2, 0.25) is 0 Å². The van der Waals surface area contributed by atoms with Gasteiger partial charge in [0.15, 0.2) is 0 Å². The van der Waals surface area contributed by atoms with Crippen LogP contribution in [-0.2, 0) is 11.2 Å². The van der Waals surface area contributed by atoms with Crippen molar-refractivity contribution in [3.63, 3.8) is 0 Å². The first-order valence-electron chi connectivity index (χ1n) is 8.09. The molecule has 0 aromatic carbocycles. The van der Waals surface area contributed by atoms with E-state index in [1.165, 1.54) is 31.4 Å². The molecule has 1 aromatic heterocycles. The van der Waals surface area contributed by atoms with Crippen molar-refractivity contribution >= 4 is 0 Å². The summed E-state index contributed by atoms with van der Waals surface area (Å²) in [6.07, 6.45) is 10.1. The van der Waals surface area contributed by atoms with Crippen LogP contribution in [0.5, 0.6) is 0 Å². The number of aromatic nitrogens is 2. The van der Waals surface area contributed by atoms with Crippen molar-refractivity contribution in [2.24, 2.45) is 5.92 Å². The fourth-order valence-electron chi connectivity index (χ4n) is 3.72. The summed E-state index contributed by atoms with van der Waals surface area (Å²) in [6, 6.07) is 3.32. The molecule has 1 saturated carbocycles. The minimum atomic E-state index is 0.409. The Morgan fingerprint density at radius 1 is 1.45 bits per heavy atom. The molecule has 1 aromatic rings. The van der Waals surface area contributed by atoms with E-state index < -0.39 is 0 Å². The summed E-state index contributed by atoms with van der Waals surface area (Å²) in [6.45, 7) is 3.05. The zero-order valence-corrected chi connectivity index (χ0v) is 12.7. The van der Waals surface area contributed by atoms with E-state index in [9.17, 15) is 0 Å². The first kappa shape index (κ1) is 14.1. The molecule has 112 valence electrons. The molecule has 2 fully saturated rings. The second kappa shape index (κ2) is 6.27. The molecule has 20 heavy (non-hydrogen) atoms. The van der Waals surface area contributed by atoms with Gasteiger partial charge in [-0.3, -0.25) is 4.68 Å². The molecule has 3 atom stereocenters. The SMILES string of the molecule is CNC(Cc1ccn(C2CCCC2)n1)C1COC(C)C1. The normalized spacial score (nSPS) is 29.1. The molecular formula is C16H27N3O. The molecule has 1 saturated heterocycles. The van der Waals surface area contributed by atoms with Gasteiger partial charge in [-0.05, 0) is 39.3 Å². The lowest BCUT2D eigenvalue weighted by Gasteiger charge is -2.21. The van der Waals surface area contributed by atoms with Gasteiger partial charge in [0.1, 0.15) is 0 Å². The van der Waals surface area contributed by atoms with Crippen LogP contribution in [0.1, 0.15) is 50.8 Å². The molecule has 4 nitrogen and oxygen atoms in total. The molecule has 2 aliphatic rings. The summed E-state index contributed by atoms with van der Waals surface area (Å²) in [4.78, 5) is 0. The van der Waals surface area contributed by atoms with Crippen molar-refractivity contribution in [2.75, 3.05) is 13.7 Å². The molecule has 0 spiro atoms. The van der Waals surface area contributed by atoms with Crippen LogP contribution in [0.2, 0.25) is 0 Å². The zero-order chi connectivity index (χ0) is 13.9. The van der Waals surface area contributed by atoms with E-state index in [0.717, 1.165) is 19.4 Å². The highest BCUT2D eigenvalue weighted by molar-refractivity contribution is 5.04. The van der Waals surface area contributed by atoms with Crippen molar-refractivity contribution in [1.82, 2.24) is 15.1 Å². The van der Waals surface area contributed by atoms with Crippen LogP contribution in [0.15, 0.2) is 12.3 Å². The highest BCUT2D eigenvalue weighted by Crippen LogP contribution is 2.29. The van der Waals surface area contributed by atoms with Gasteiger partial charge in [0.25, 0.3) is 0 Å². The molecule has 0 amide bonds. The van der Waals surface area contributed by atoms with Crippen LogP contribution in [0.3, 0.4) is 0 Å². The van der Waals surface area contributed by atoms with E-state index in [2.05, 4.69) is 36.2 Å². The lowest BCUT2D eigenvalue weighted by atomic mass is 9.93. The van der Waals surface area contributed by atoms with E-state index in [4.69, 9.17) is 9.84 Å². The highest BCUT2D eigenvalue weighted by Gasteiger charge is 2.29. The zero-order valence-electron chi connectivity index (χ0n) is 12.7. The van der Waals surface area contributed by atoms with E-state index in [1.54, 1.807) is 0 Å². The fraction of sp³-hybridized carbons (Fsp3) is 0.812. The van der Waals surface area contributed by atoms with Crippen LogP contribution >= 0.6 is 0 Å². The average molecular weight is 277 g/mol. The Bertz CT molecular complexity index is 425. The summed E-state index contributed by atoms with van der Waals surface area (Å²) < 4.78 is 7.90. The number of nitrogens with one attached hydrogen (secondary N) is 1. The Morgan fingerprint density at radius 2 is 2.25 bits per heavy atom. The smallest absolute Gasteiger partial charge is 0.0640 e. The van der Waals surface area contributed by atoms with Gasteiger partial charge in [-0.2, -0.15) is 5.10 Å². The van der Waals surface area contributed by atoms with Crippen LogP contribution < -0.4 is 5.32 Å². The minimum Gasteiger partial charge on any atom is -0.378 e. The Morgan fingerprint density at radius 3 is 2.90 bits per heavy atom. The van der Waals surface area contributed by atoms with Crippen molar-refractivity contribution in [3.05, 3.63) is 18.0 Å². The Labute approximate surface area is 121 Å². The van der Waals surface area contributed by atoms with Crippen LogP contribution in [0, 0.1) is 5.92 Å². The minimum absolute atomic E-state index is 0.409. The molecule has 2 heterocycles. The summed E-state index contributed by atoms with van der Waals surface area (Å²) in [5.74, 6) is 0.617. The van der Waals surface area contributed by atoms with Gasteiger partial charge in [-0.25, -0.2) is 0 Å². The Balaban J connectivity index is 1.61. The van der Waals surface area contributed by atoms with Crippen LogP contribution in [0.4, 0.5) is 0 Å². The number of hydrogen-bond acceptors (Lipinski definition) is 3. The lowest BCUT2D eigenvalue weighted by molar-refractivity contribution is 0.117. The number of rotatable bonds is 5. The van der Waals surface area contributed by atoms with Gasteiger partial charge >= 0.3 is 0 Å². The second-order valence-corrected chi connectivity index (χ2v) is 6.46. The Hall–Kier alpha value is -0.870. The second-order valence-electron chi connectivity index (χ2n) is 6.46. The average Bonchev–Trinajstić information content (AvgIpc) is 3.16. The number of hydrogen-bond donors (Lipinski definition) is 1. The third-order valence-corrected chi connectivity index (χ3v) is 4.96. The third kappa shape index (κ3) is 3.07. The lowest BCUT2D eigenvalue weighted by Crippen LogP contribution is -2.36. The van der Waals surface area contributed by atoms with Gasteiger partial charge in [-0.15, -0.1) is 0 Å². The number of nitrogens with zero attached hydrogens (tertiary/aromatic N) is 2. The van der Waals surface area contributed by atoms with Gasteiger partial charge < -0.3 is 10.1 Å². The maximum atomic E-state index is 5.71. The van der Waals surface area contributed by atoms with Gasteiger partial charge in [0, 0.05) is 24.6 Å². The quantitative estimate of drug-likeness (QED) is 0.899. The Kier molecular flexibility index (Phi) is 4.41. The largest absolute Gasteiger partial charge is 0.378 e. The molecule has 4 heteroatoms. The predicted octanol–water partition coefficient (Wildman–Crippen LogP) is 2.55. The molecule has 0 bridgehead atoms. The molecular weight excluding hydrogens is 250 g/mol. The van der Waals surface area contributed by atoms with Crippen LogP contribution in [-0.4, -0.2) is 35.6 Å². The van der Waals surface area contributed by atoms with Crippen molar-refractivity contribution in [1.29, 1.82) is 0 Å². The topological polar surface area (TPSA) is 39.1 Å². The van der Waals surface area contributed by atoms with Crippen molar-refractivity contribution in [3.8, 4) is 0 Å². The van der Waals surface area contributed by atoms with Crippen molar-refractivity contribution < 1.29 is 4.74 Å². The number of ether oxygens (including phenoxy) is 1. The summed E-state index contributed by atoms with van der Waals surface area (Å²) in [7, 11) is 2.06. The summed E-state index contributed by atoms with van der Waals surface area (Å²) in [5.41, 5.74) is 1.22. The summed E-state index contributed by atoms with van der Waals surface area (Å²) >= 11 is 0. The molecule has 1 aliphatic heterocycles. The predicted molar refractivity (Wildman–Crippen MR) is 79.8 cm³/mol. The van der Waals surface area contributed by atoms with Gasteiger partial charge in [0.05, 0.1) is 24.4 Å². The standard InChI is InChI=1S/C16H27N3O/c1-12-9-13(11-20-12)16(17-2)10-14-7-8-19(18-14)15-5-3-4-6-15/h7-8,12-13,15-17H,3-6,9-11H2,1-2H3. The van der Waals surface area contributed by atoms with Gasteiger partial charge in [-0.1, -0.05) is 12.8 Å². The maximum Gasteiger partial charge on any atom is 0.0640 e. The molecule has 1 N–H and O–H groups in total. The first-order chi connectivity index (χ1) is 9.76. The molecule has 1 aliphatic carbocycles.